The molecule has 0 N–H and O–H groups in total. The average molecular weight is 441 g/mol. The van der Waals surface area contributed by atoms with Gasteiger partial charge in [-0.1, -0.05) is 41.9 Å². The summed E-state index contributed by atoms with van der Waals surface area (Å²) in [6.07, 6.45) is -3.92. The van der Waals surface area contributed by atoms with Gasteiger partial charge in [0.2, 0.25) is 0 Å². The number of aromatic nitrogens is 2. The Kier molecular flexibility index (Phi) is 4.85. The van der Waals surface area contributed by atoms with Gasteiger partial charge in [0.05, 0.1) is 5.52 Å². The Morgan fingerprint density at radius 1 is 0.967 bits per heavy atom. The van der Waals surface area contributed by atoms with Gasteiger partial charge in [-0.15, -0.1) is 0 Å². The molecule has 0 saturated heterocycles. The van der Waals surface area contributed by atoms with Gasteiger partial charge in [-0.05, 0) is 30.7 Å². The molecule has 30 heavy (non-hydrogen) atoms. The molecule has 0 amide bonds. The van der Waals surface area contributed by atoms with Gasteiger partial charge in [0.25, 0.3) is 0 Å². The zero-order chi connectivity index (χ0) is 21.7. The largest absolute Gasteiger partial charge is 0.485 e. The van der Waals surface area contributed by atoms with E-state index < -0.39 is 18.7 Å². The van der Waals surface area contributed by atoms with E-state index in [0.29, 0.717) is 16.3 Å². The molecule has 3 nitrogen and oxygen atoms in total. The van der Waals surface area contributed by atoms with Gasteiger partial charge in [-0.3, -0.25) is 0 Å². The summed E-state index contributed by atoms with van der Waals surface area (Å²) in [6.45, 7) is 0.0751. The number of fused-ring (bicyclic) bond motifs is 3. The van der Waals surface area contributed by atoms with Crippen LogP contribution < -0.4 is 4.74 Å². The predicted molar refractivity (Wildman–Crippen MR) is 105 cm³/mol. The molecule has 0 saturated carbocycles. The summed E-state index contributed by atoms with van der Waals surface area (Å²) in [5.41, 5.74) is 2.59. The van der Waals surface area contributed by atoms with Crippen molar-refractivity contribution < 1.29 is 26.7 Å². The van der Waals surface area contributed by atoms with E-state index in [1.165, 1.54) is 12.1 Å². The second-order valence-electron chi connectivity index (χ2n) is 6.78. The molecule has 156 valence electrons. The summed E-state index contributed by atoms with van der Waals surface area (Å²) >= 11 is 6.30. The number of hydrogen-bond donors (Lipinski definition) is 0. The number of nitrogens with zero attached hydrogens (tertiary/aromatic N) is 2. The zero-order valence-electron chi connectivity index (χ0n) is 15.5. The van der Waals surface area contributed by atoms with Crippen LogP contribution in [0.3, 0.4) is 0 Å². The van der Waals surface area contributed by atoms with Crippen LogP contribution in [-0.4, -0.2) is 28.3 Å². The number of alkyl halides is 5. The highest BCUT2D eigenvalue weighted by Gasteiger charge is 2.58. The molecular formula is C21H14ClF5N2O. The first kappa shape index (κ1) is 20.4. The Morgan fingerprint density at radius 3 is 2.40 bits per heavy atom. The second kappa shape index (κ2) is 7.12. The molecule has 4 aromatic rings. The molecule has 0 spiro atoms. The normalized spacial score (nSPS) is 12.6. The second-order valence-corrected chi connectivity index (χ2v) is 7.14. The first-order chi connectivity index (χ1) is 14.1. The fraction of sp³-hybridized carbons (Fsp3) is 0.190. The van der Waals surface area contributed by atoms with Crippen LogP contribution in [0.4, 0.5) is 22.0 Å². The van der Waals surface area contributed by atoms with Crippen LogP contribution in [0, 0.1) is 6.92 Å². The van der Waals surface area contributed by atoms with E-state index in [4.69, 9.17) is 16.3 Å². The molecule has 0 aliphatic carbocycles. The summed E-state index contributed by atoms with van der Waals surface area (Å²) < 4.78 is 70.9. The first-order valence-electron chi connectivity index (χ1n) is 8.83. The van der Waals surface area contributed by atoms with Crippen molar-refractivity contribution in [3.05, 3.63) is 65.4 Å². The zero-order valence-corrected chi connectivity index (χ0v) is 16.2. The lowest BCUT2D eigenvalue weighted by molar-refractivity contribution is -0.289. The third-order valence-corrected chi connectivity index (χ3v) is 5.06. The highest BCUT2D eigenvalue weighted by Crippen LogP contribution is 2.39. The SMILES string of the molecule is Cc1ccccc1-n1ccc2c(Cl)nc3c(OCC(F)(F)C(F)(F)F)cccc3c21. The smallest absolute Gasteiger partial charge is 0.456 e. The third kappa shape index (κ3) is 3.35. The van der Waals surface area contributed by atoms with Crippen LogP contribution in [0.5, 0.6) is 5.75 Å². The summed E-state index contributed by atoms with van der Waals surface area (Å²) in [5.74, 6) is -5.21. The standard InChI is InChI=1S/C21H14ClF5N2O/c1-12-5-2-3-7-15(12)29-10-9-14-18(29)13-6-4-8-16(17(13)28-19(14)22)30-11-20(23,24)21(25,26)27/h2-10H,11H2,1H3. The van der Waals surface area contributed by atoms with Crippen molar-refractivity contribution in [2.24, 2.45) is 0 Å². The molecular weight excluding hydrogens is 427 g/mol. The van der Waals surface area contributed by atoms with Gasteiger partial charge in [0.1, 0.15) is 16.4 Å². The lowest BCUT2D eigenvalue weighted by atomic mass is 10.1. The van der Waals surface area contributed by atoms with Crippen LogP contribution in [0.1, 0.15) is 5.56 Å². The highest BCUT2D eigenvalue weighted by molar-refractivity contribution is 6.35. The van der Waals surface area contributed by atoms with Gasteiger partial charge in [-0.2, -0.15) is 22.0 Å². The molecule has 2 heterocycles. The van der Waals surface area contributed by atoms with Crippen LogP contribution in [0.2, 0.25) is 5.15 Å². The number of hydrogen-bond acceptors (Lipinski definition) is 2. The molecule has 9 heteroatoms. The molecule has 2 aromatic carbocycles. The third-order valence-electron chi connectivity index (χ3n) is 4.77. The van der Waals surface area contributed by atoms with Crippen molar-refractivity contribution in [3.63, 3.8) is 0 Å². The van der Waals surface area contributed by atoms with Gasteiger partial charge in [0.15, 0.2) is 6.61 Å². The number of para-hydroxylation sites is 2. The van der Waals surface area contributed by atoms with Crippen LogP contribution in [0.25, 0.3) is 27.5 Å². The molecule has 0 radical (unpaired) electrons. The Balaban J connectivity index is 1.89. The molecule has 0 aliphatic heterocycles. The summed E-state index contributed by atoms with van der Waals surface area (Å²) in [6, 6.07) is 13.8. The summed E-state index contributed by atoms with van der Waals surface area (Å²) in [7, 11) is 0. The number of halogens is 6. The maximum atomic E-state index is 13.3. The van der Waals surface area contributed by atoms with Crippen molar-refractivity contribution in [3.8, 4) is 11.4 Å². The monoisotopic (exact) mass is 440 g/mol. The summed E-state index contributed by atoms with van der Waals surface area (Å²) in [5, 5.41) is 1.21. The first-order valence-corrected chi connectivity index (χ1v) is 9.20. The lowest BCUT2D eigenvalue weighted by Crippen LogP contribution is -2.41. The average Bonchev–Trinajstić information content (AvgIpc) is 3.12. The topological polar surface area (TPSA) is 27.1 Å². The van der Waals surface area contributed by atoms with E-state index in [9.17, 15) is 22.0 Å². The van der Waals surface area contributed by atoms with E-state index in [2.05, 4.69) is 4.98 Å². The molecule has 0 unspecified atom stereocenters. The van der Waals surface area contributed by atoms with Gasteiger partial charge >= 0.3 is 12.1 Å². The minimum absolute atomic E-state index is 0.0865. The Hall–Kier alpha value is -2.87. The van der Waals surface area contributed by atoms with Crippen molar-refractivity contribution in [2.75, 3.05) is 6.61 Å². The molecule has 4 rings (SSSR count). The van der Waals surface area contributed by atoms with Gasteiger partial charge in [-0.25, -0.2) is 4.98 Å². The maximum absolute atomic E-state index is 13.3. The quantitative estimate of drug-likeness (QED) is 0.260. The Morgan fingerprint density at radius 2 is 1.70 bits per heavy atom. The van der Waals surface area contributed by atoms with Gasteiger partial charge in [0, 0.05) is 22.7 Å². The minimum atomic E-state index is -5.71. The van der Waals surface area contributed by atoms with E-state index in [1.807, 2.05) is 35.8 Å². The van der Waals surface area contributed by atoms with Crippen molar-refractivity contribution in [2.45, 2.75) is 19.0 Å². The van der Waals surface area contributed by atoms with Crippen LogP contribution in [0.15, 0.2) is 54.7 Å². The molecule has 0 aliphatic rings. The van der Waals surface area contributed by atoms with E-state index in [0.717, 1.165) is 11.3 Å². The fourth-order valence-electron chi connectivity index (χ4n) is 3.26. The van der Waals surface area contributed by atoms with Crippen molar-refractivity contribution in [1.29, 1.82) is 0 Å². The number of rotatable bonds is 4. The molecule has 0 atom stereocenters. The Labute approximate surface area is 172 Å². The van der Waals surface area contributed by atoms with Crippen LogP contribution >= 0.6 is 11.6 Å². The summed E-state index contributed by atoms with van der Waals surface area (Å²) in [4.78, 5) is 4.20. The molecule has 0 bridgehead atoms. The van der Waals surface area contributed by atoms with Crippen LogP contribution in [-0.2, 0) is 0 Å². The Bertz CT molecular complexity index is 1250. The van der Waals surface area contributed by atoms with Crippen molar-refractivity contribution in [1.82, 2.24) is 9.55 Å². The molecule has 2 aromatic heterocycles. The number of aryl methyl sites for hydroxylation is 1. The maximum Gasteiger partial charge on any atom is 0.456 e. The van der Waals surface area contributed by atoms with E-state index >= 15 is 0 Å². The highest BCUT2D eigenvalue weighted by atomic mass is 35.5. The molecule has 0 fully saturated rings. The van der Waals surface area contributed by atoms with Gasteiger partial charge < -0.3 is 9.30 Å². The number of pyridine rings is 1. The van der Waals surface area contributed by atoms with E-state index in [1.54, 1.807) is 18.3 Å². The predicted octanol–water partition coefficient (Wildman–Crippen LogP) is 6.72. The van der Waals surface area contributed by atoms with Crippen molar-refractivity contribution >= 4 is 33.4 Å². The van der Waals surface area contributed by atoms with E-state index in [-0.39, 0.29) is 16.4 Å². The fourth-order valence-corrected chi connectivity index (χ4v) is 3.50. The minimum Gasteiger partial charge on any atom is -0.485 e. The number of ether oxygens (including phenoxy) is 1. The number of benzene rings is 2. The lowest BCUT2D eigenvalue weighted by Gasteiger charge is -2.20.